The Balaban J connectivity index is 1.80. The molecule has 1 heteroatoms. The molecule has 0 radical (unpaired) electrons. The van der Waals surface area contributed by atoms with Crippen molar-refractivity contribution in [1.82, 2.24) is 0 Å². The van der Waals surface area contributed by atoms with Gasteiger partial charge in [0, 0.05) is 23.0 Å². The van der Waals surface area contributed by atoms with Crippen LogP contribution < -0.4 is 4.74 Å². The van der Waals surface area contributed by atoms with Crippen LogP contribution in [0, 0.1) is 5.92 Å². The zero-order chi connectivity index (χ0) is 14.4. The highest BCUT2D eigenvalue weighted by Crippen LogP contribution is 2.47. The lowest BCUT2D eigenvalue weighted by atomic mass is 9.80. The van der Waals surface area contributed by atoms with E-state index in [4.69, 9.17) is 4.74 Å². The topological polar surface area (TPSA) is 9.23 Å². The van der Waals surface area contributed by atoms with Crippen LogP contribution in [-0.2, 0) is 0 Å². The lowest BCUT2D eigenvalue weighted by Gasteiger charge is -2.24. The van der Waals surface area contributed by atoms with E-state index in [9.17, 15) is 0 Å². The average molecular weight is 276 g/mol. The van der Waals surface area contributed by atoms with Crippen LogP contribution in [0.15, 0.2) is 66.3 Å². The normalized spacial score (nSPS) is 32.4. The average Bonchev–Trinajstić information content (AvgIpc) is 2.88. The van der Waals surface area contributed by atoms with Gasteiger partial charge in [0.05, 0.1) is 0 Å². The maximum Gasteiger partial charge on any atom is 0.128 e. The molecule has 0 spiro atoms. The van der Waals surface area contributed by atoms with Gasteiger partial charge < -0.3 is 4.74 Å². The smallest absolute Gasteiger partial charge is 0.128 e. The summed E-state index contributed by atoms with van der Waals surface area (Å²) in [4.78, 5) is 0. The predicted octanol–water partition coefficient (Wildman–Crippen LogP) is 4.89. The number of rotatable bonds is 1. The number of hydrogen-bond donors (Lipinski definition) is 0. The van der Waals surface area contributed by atoms with Gasteiger partial charge in [-0.2, -0.15) is 0 Å². The highest BCUT2D eigenvalue weighted by Gasteiger charge is 2.35. The van der Waals surface area contributed by atoms with Gasteiger partial charge in [-0.3, -0.25) is 0 Å². The summed E-state index contributed by atoms with van der Waals surface area (Å²) in [5.74, 6) is 2.42. The SMILES string of the molecule is CC1=CC(c2cccc3c2OC2C=CC=CC32)C(C)C=C1. The van der Waals surface area contributed by atoms with Gasteiger partial charge in [-0.25, -0.2) is 0 Å². The number of para-hydroxylation sites is 1. The van der Waals surface area contributed by atoms with Crippen molar-refractivity contribution in [3.05, 3.63) is 77.4 Å². The van der Waals surface area contributed by atoms with E-state index in [-0.39, 0.29) is 6.10 Å². The molecule has 0 saturated carbocycles. The number of ether oxygens (including phenoxy) is 1. The van der Waals surface area contributed by atoms with Gasteiger partial charge in [0.2, 0.25) is 0 Å². The van der Waals surface area contributed by atoms with Crippen molar-refractivity contribution in [2.45, 2.75) is 31.8 Å². The molecule has 4 rings (SSSR count). The molecule has 1 nitrogen and oxygen atoms in total. The van der Waals surface area contributed by atoms with Gasteiger partial charge in [-0.15, -0.1) is 0 Å². The van der Waals surface area contributed by atoms with E-state index >= 15 is 0 Å². The zero-order valence-corrected chi connectivity index (χ0v) is 12.5. The van der Waals surface area contributed by atoms with Crippen LogP contribution in [0.4, 0.5) is 0 Å². The maximum absolute atomic E-state index is 6.29. The van der Waals surface area contributed by atoms with Crippen LogP contribution in [-0.4, -0.2) is 6.10 Å². The van der Waals surface area contributed by atoms with E-state index in [2.05, 4.69) is 74.6 Å². The third-order valence-electron chi connectivity index (χ3n) is 4.80. The molecule has 0 aromatic heterocycles. The van der Waals surface area contributed by atoms with Crippen LogP contribution in [0.3, 0.4) is 0 Å². The maximum atomic E-state index is 6.29. The van der Waals surface area contributed by atoms with E-state index in [0.717, 1.165) is 5.75 Å². The Labute approximate surface area is 126 Å². The van der Waals surface area contributed by atoms with Crippen molar-refractivity contribution in [2.24, 2.45) is 5.92 Å². The Morgan fingerprint density at radius 1 is 0.952 bits per heavy atom. The molecule has 1 aromatic rings. The highest BCUT2D eigenvalue weighted by molar-refractivity contribution is 5.54. The summed E-state index contributed by atoms with van der Waals surface area (Å²) in [5, 5.41) is 0. The monoisotopic (exact) mass is 276 g/mol. The minimum atomic E-state index is 0.172. The first-order chi connectivity index (χ1) is 10.2. The Morgan fingerprint density at radius 2 is 1.71 bits per heavy atom. The molecule has 0 N–H and O–H groups in total. The molecule has 0 amide bonds. The minimum Gasteiger partial charge on any atom is -0.485 e. The Hall–Kier alpha value is -2.02. The second-order valence-corrected chi connectivity index (χ2v) is 6.30. The number of benzene rings is 1. The van der Waals surface area contributed by atoms with Crippen molar-refractivity contribution < 1.29 is 4.74 Å². The second kappa shape index (κ2) is 4.77. The third-order valence-corrected chi connectivity index (χ3v) is 4.80. The van der Waals surface area contributed by atoms with Crippen LogP contribution in [0.25, 0.3) is 0 Å². The summed E-state index contributed by atoms with van der Waals surface area (Å²) in [6.45, 7) is 4.45. The van der Waals surface area contributed by atoms with Gasteiger partial charge >= 0.3 is 0 Å². The molecule has 0 bridgehead atoms. The zero-order valence-electron chi connectivity index (χ0n) is 12.5. The van der Waals surface area contributed by atoms with Crippen molar-refractivity contribution in [3.8, 4) is 5.75 Å². The van der Waals surface area contributed by atoms with E-state index in [0.29, 0.717) is 17.8 Å². The fourth-order valence-electron chi connectivity index (χ4n) is 3.64. The standard InChI is InChI=1S/C20H20O/c1-13-10-11-14(2)18(12-13)17-8-5-7-16-15-6-3-4-9-19(15)21-20(16)17/h3-12,14-15,18-19H,1-2H3. The molecule has 0 saturated heterocycles. The van der Waals surface area contributed by atoms with E-state index in [1.165, 1.54) is 16.7 Å². The summed E-state index contributed by atoms with van der Waals surface area (Å²) in [6, 6.07) is 6.63. The molecular weight excluding hydrogens is 256 g/mol. The first-order valence-electron chi connectivity index (χ1n) is 7.75. The predicted molar refractivity (Wildman–Crippen MR) is 86.7 cm³/mol. The van der Waals surface area contributed by atoms with Crippen LogP contribution >= 0.6 is 0 Å². The molecule has 3 aliphatic rings. The fourth-order valence-corrected chi connectivity index (χ4v) is 3.64. The molecule has 4 atom stereocenters. The van der Waals surface area contributed by atoms with Crippen LogP contribution in [0.5, 0.6) is 5.75 Å². The summed E-state index contributed by atoms with van der Waals surface area (Å²) in [5.41, 5.74) is 4.01. The highest BCUT2D eigenvalue weighted by atomic mass is 16.5. The lowest BCUT2D eigenvalue weighted by molar-refractivity contribution is 0.265. The lowest BCUT2D eigenvalue weighted by Crippen LogP contribution is -2.16. The van der Waals surface area contributed by atoms with Crippen molar-refractivity contribution >= 4 is 0 Å². The molecule has 1 aromatic carbocycles. The number of hydrogen-bond acceptors (Lipinski definition) is 1. The molecule has 1 aliphatic heterocycles. The van der Waals surface area contributed by atoms with Crippen LogP contribution in [0.1, 0.15) is 36.8 Å². The third kappa shape index (κ3) is 1.99. The second-order valence-electron chi connectivity index (χ2n) is 6.30. The Bertz CT molecular complexity index is 690. The Kier molecular flexibility index (Phi) is 2.88. The summed E-state index contributed by atoms with van der Waals surface area (Å²) in [7, 11) is 0. The molecule has 106 valence electrons. The summed E-state index contributed by atoms with van der Waals surface area (Å²) < 4.78 is 6.29. The molecule has 1 heterocycles. The minimum absolute atomic E-state index is 0.172. The summed E-state index contributed by atoms with van der Waals surface area (Å²) >= 11 is 0. The summed E-state index contributed by atoms with van der Waals surface area (Å²) in [6.07, 6.45) is 15.7. The van der Waals surface area contributed by atoms with E-state index < -0.39 is 0 Å². The van der Waals surface area contributed by atoms with Crippen molar-refractivity contribution in [3.63, 3.8) is 0 Å². The largest absolute Gasteiger partial charge is 0.485 e. The van der Waals surface area contributed by atoms with Crippen molar-refractivity contribution in [2.75, 3.05) is 0 Å². The number of allylic oxidation sites excluding steroid dienone is 6. The van der Waals surface area contributed by atoms with E-state index in [1.807, 2.05) is 0 Å². The van der Waals surface area contributed by atoms with Gasteiger partial charge in [-0.1, -0.05) is 67.2 Å². The first kappa shape index (κ1) is 12.7. The number of fused-ring (bicyclic) bond motifs is 3. The van der Waals surface area contributed by atoms with Crippen molar-refractivity contribution in [1.29, 1.82) is 0 Å². The quantitative estimate of drug-likeness (QED) is 0.709. The molecule has 2 aliphatic carbocycles. The fraction of sp³-hybridized carbons (Fsp3) is 0.300. The molecule has 4 unspecified atom stereocenters. The van der Waals surface area contributed by atoms with Gasteiger partial charge in [0.1, 0.15) is 11.9 Å². The molecule has 0 fully saturated rings. The Morgan fingerprint density at radius 3 is 2.57 bits per heavy atom. The van der Waals surface area contributed by atoms with Gasteiger partial charge in [0.15, 0.2) is 0 Å². The van der Waals surface area contributed by atoms with Crippen LogP contribution in [0.2, 0.25) is 0 Å². The van der Waals surface area contributed by atoms with Gasteiger partial charge in [-0.05, 0) is 18.9 Å². The first-order valence-corrected chi connectivity index (χ1v) is 7.75. The molecular formula is C20H20O. The van der Waals surface area contributed by atoms with Gasteiger partial charge in [0.25, 0.3) is 0 Å². The van der Waals surface area contributed by atoms with E-state index in [1.54, 1.807) is 0 Å². The molecule has 21 heavy (non-hydrogen) atoms.